The van der Waals surface area contributed by atoms with E-state index in [0.29, 0.717) is 0 Å². The predicted molar refractivity (Wildman–Crippen MR) is 95.3 cm³/mol. The van der Waals surface area contributed by atoms with E-state index in [9.17, 15) is 5.11 Å². The number of aryl methyl sites for hydroxylation is 1. The summed E-state index contributed by atoms with van der Waals surface area (Å²) in [5.41, 5.74) is 8.40. The number of imidazole rings is 1. The number of aliphatic hydroxyl groups excluding tert-OH is 1. The van der Waals surface area contributed by atoms with Crippen LogP contribution in [0.2, 0.25) is 0 Å². The van der Waals surface area contributed by atoms with Gasteiger partial charge >= 0.3 is 0 Å². The third kappa shape index (κ3) is 1.93. The van der Waals surface area contributed by atoms with Gasteiger partial charge in [0.25, 0.3) is 0 Å². The molecule has 0 amide bonds. The Morgan fingerprint density at radius 1 is 1.21 bits per heavy atom. The largest absolute Gasteiger partial charge is 0.392 e. The number of rotatable bonds is 1. The molecule has 2 heterocycles. The van der Waals surface area contributed by atoms with Crippen molar-refractivity contribution in [2.24, 2.45) is 0 Å². The van der Waals surface area contributed by atoms with E-state index >= 15 is 0 Å². The molecule has 122 valence electrons. The van der Waals surface area contributed by atoms with Gasteiger partial charge in [0.15, 0.2) is 0 Å². The number of aromatic amines is 1. The molecular weight excluding hydrogens is 298 g/mol. The Balaban J connectivity index is 1.64. The van der Waals surface area contributed by atoms with E-state index in [-0.39, 0.29) is 12.1 Å². The molecule has 1 spiro atoms. The van der Waals surface area contributed by atoms with Crippen molar-refractivity contribution in [3.05, 3.63) is 58.4 Å². The number of hydrogen-bond acceptors (Lipinski definition) is 3. The first-order valence-corrected chi connectivity index (χ1v) is 8.64. The Morgan fingerprint density at radius 2 is 1.96 bits per heavy atom. The third-order valence-electron chi connectivity index (χ3n) is 5.69. The zero-order chi connectivity index (χ0) is 16.3. The van der Waals surface area contributed by atoms with Crippen molar-refractivity contribution in [1.29, 1.82) is 0 Å². The Morgan fingerprint density at radius 3 is 2.67 bits per heavy atom. The summed E-state index contributed by atoms with van der Waals surface area (Å²) in [5, 5.41) is 13.7. The second kappa shape index (κ2) is 4.84. The number of aromatic nitrogens is 2. The summed E-state index contributed by atoms with van der Waals surface area (Å²) in [6, 6.07) is 10.8. The Hall–Kier alpha value is -2.33. The minimum Gasteiger partial charge on any atom is -0.392 e. The monoisotopic (exact) mass is 319 g/mol. The summed E-state index contributed by atoms with van der Waals surface area (Å²) in [7, 11) is 0. The van der Waals surface area contributed by atoms with Gasteiger partial charge in [-0.3, -0.25) is 0 Å². The van der Waals surface area contributed by atoms with E-state index in [1.165, 1.54) is 16.7 Å². The van der Waals surface area contributed by atoms with Crippen molar-refractivity contribution in [2.75, 3.05) is 5.32 Å². The first-order chi connectivity index (χ1) is 11.7. The summed E-state index contributed by atoms with van der Waals surface area (Å²) in [6.45, 7) is 2.06. The summed E-state index contributed by atoms with van der Waals surface area (Å²) in [6.07, 6.45) is 4.22. The van der Waals surface area contributed by atoms with Gasteiger partial charge in [-0.25, -0.2) is 4.98 Å². The minimum absolute atomic E-state index is 0.0746. The van der Waals surface area contributed by atoms with Crippen LogP contribution in [0.4, 0.5) is 5.69 Å². The molecule has 0 radical (unpaired) electrons. The highest BCUT2D eigenvalue weighted by atomic mass is 16.3. The van der Waals surface area contributed by atoms with Gasteiger partial charge in [0, 0.05) is 5.54 Å². The lowest BCUT2D eigenvalue weighted by molar-refractivity contribution is 0.280. The van der Waals surface area contributed by atoms with Gasteiger partial charge in [-0.15, -0.1) is 0 Å². The Kier molecular flexibility index (Phi) is 2.83. The van der Waals surface area contributed by atoms with E-state index in [1.807, 2.05) is 6.92 Å². The summed E-state index contributed by atoms with van der Waals surface area (Å²) >= 11 is 0. The van der Waals surface area contributed by atoms with Gasteiger partial charge in [-0.05, 0) is 60.9 Å². The van der Waals surface area contributed by atoms with Crippen LogP contribution in [0.15, 0.2) is 30.3 Å². The van der Waals surface area contributed by atoms with Crippen molar-refractivity contribution in [3.63, 3.8) is 0 Å². The normalized spacial score (nSPS) is 17.8. The van der Waals surface area contributed by atoms with Crippen LogP contribution in [0, 0.1) is 6.92 Å². The molecule has 0 bridgehead atoms. The minimum atomic E-state index is 0.0746. The molecule has 5 rings (SSSR count). The topological polar surface area (TPSA) is 60.9 Å². The first-order valence-electron chi connectivity index (χ1n) is 8.64. The SMILES string of the molecule is Cc1nc2c3c(c(CO)cc2[nH]1)CCC1(Cc2ccccc2C1)N3. The lowest BCUT2D eigenvalue weighted by Gasteiger charge is -2.38. The van der Waals surface area contributed by atoms with Crippen LogP contribution >= 0.6 is 0 Å². The number of nitrogens with one attached hydrogen (secondary N) is 2. The first kappa shape index (κ1) is 14.1. The molecule has 4 nitrogen and oxygen atoms in total. The second-order valence-corrected chi connectivity index (χ2v) is 7.29. The highest BCUT2D eigenvalue weighted by Crippen LogP contribution is 2.43. The van der Waals surface area contributed by atoms with Crippen LogP contribution < -0.4 is 5.32 Å². The highest BCUT2D eigenvalue weighted by Gasteiger charge is 2.40. The van der Waals surface area contributed by atoms with Crippen LogP contribution in [0.1, 0.15) is 34.5 Å². The van der Waals surface area contributed by atoms with Crippen LogP contribution in [0.3, 0.4) is 0 Å². The second-order valence-electron chi connectivity index (χ2n) is 7.29. The zero-order valence-electron chi connectivity index (χ0n) is 13.8. The summed E-state index contributed by atoms with van der Waals surface area (Å²) in [4.78, 5) is 8.02. The summed E-state index contributed by atoms with van der Waals surface area (Å²) < 4.78 is 0. The van der Waals surface area contributed by atoms with Gasteiger partial charge in [0.1, 0.15) is 11.3 Å². The van der Waals surface area contributed by atoms with Gasteiger partial charge in [-0.2, -0.15) is 0 Å². The lowest BCUT2D eigenvalue weighted by Crippen LogP contribution is -2.43. The van der Waals surface area contributed by atoms with Gasteiger partial charge in [0.2, 0.25) is 0 Å². The van der Waals surface area contributed by atoms with Crippen molar-refractivity contribution in [3.8, 4) is 0 Å². The molecule has 0 saturated heterocycles. The molecule has 0 saturated carbocycles. The number of hydrogen-bond donors (Lipinski definition) is 3. The maximum absolute atomic E-state index is 9.80. The fraction of sp³-hybridized carbons (Fsp3) is 0.350. The van der Waals surface area contributed by atoms with Crippen molar-refractivity contribution in [2.45, 2.75) is 44.8 Å². The van der Waals surface area contributed by atoms with Crippen LogP contribution in [0.25, 0.3) is 11.0 Å². The van der Waals surface area contributed by atoms with E-state index in [0.717, 1.165) is 53.8 Å². The van der Waals surface area contributed by atoms with Crippen molar-refractivity contribution in [1.82, 2.24) is 9.97 Å². The highest BCUT2D eigenvalue weighted by molar-refractivity contribution is 5.92. The van der Waals surface area contributed by atoms with Gasteiger partial charge < -0.3 is 15.4 Å². The van der Waals surface area contributed by atoms with E-state index in [4.69, 9.17) is 4.98 Å². The number of fused-ring (bicyclic) bond motifs is 4. The molecule has 1 aromatic heterocycles. The average molecular weight is 319 g/mol. The molecule has 0 fully saturated rings. The number of benzene rings is 2. The van der Waals surface area contributed by atoms with Gasteiger partial charge in [-0.1, -0.05) is 24.3 Å². The zero-order valence-corrected chi connectivity index (χ0v) is 13.8. The maximum atomic E-state index is 9.80. The predicted octanol–water partition coefficient (Wildman–Crippen LogP) is 3.26. The molecule has 3 aromatic rings. The third-order valence-corrected chi connectivity index (χ3v) is 5.69. The molecule has 2 aliphatic rings. The van der Waals surface area contributed by atoms with Crippen molar-refractivity contribution >= 4 is 16.7 Å². The standard InChI is InChI=1S/C20H21N3O/c1-12-21-17-8-15(11-24)16-6-7-20(23-18(16)19(17)22-12)9-13-4-2-3-5-14(13)10-20/h2-5,8,23-24H,6-7,9-11H2,1H3,(H,21,22). The number of anilines is 1. The summed E-state index contributed by atoms with van der Waals surface area (Å²) in [5.74, 6) is 0.915. The van der Waals surface area contributed by atoms with E-state index < -0.39 is 0 Å². The molecule has 3 N–H and O–H groups in total. The van der Waals surface area contributed by atoms with Crippen LogP contribution in [-0.2, 0) is 25.9 Å². The smallest absolute Gasteiger partial charge is 0.112 e. The number of H-pyrrole nitrogens is 1. The molecule has 2 aromatic carbocycles. The maximum Gasteiger partial charge on any atom is 0.112 e. The molecule has 24 heavy (non-hydrogen) atoms. The average Bonchev–Trinajstić information content (AvgIpc) is 3.13. The lowest BCUT2D eigenvalue weighted by atomic mass is 9.82. The van der Waals surface area contributed by atoms with E-state index in [1.54, 1.807) is 0 Å². The Bertz CT molecular complexity index is 932. The van der Waals surface area contributed by atoms with E-state index in [2.05, 4.69) is 40.6 Å². The Labute approximate surface area is 140 Å². The molecule has 1 aliphatic carbocycles. The number of nitrogens with zero attached hydrogens (tertiary/aromatic N) is 1. The van der Waals surface area contributed by atoms with Gasteiger partial charge in [0.05, 0.1) is 17.8 Å². The van der Waals surface area contributed by atoms with Crippen LogP contribution in [0.5, 0.6) is 0 Å². The molecular formula is C20H21N3O. The molecule has 0 atom stereocenters. The molecule has 1 aliphatic heterocycles. The molecule has 0 unspecified atom stereocenters. The fourth-order valence-electron chi connectivity index (χ4n) is 4.58. The molecule has 4 heteroatoms. The van der Waals surface area contributed by atoms with Crippen LogP contribution in [-0.4, -0.2) is 20.6 Å². The fourth-order valence-corrected chi connectivity index (χ4v) is 4.58. The van der Waals surface area contributed by atoms with Crippen molar-refractivity contribution < 1.29 is 5.11 Å². The number of aliphatic hydroxyl groups is 1. The quantitative estimate of drug-likeness (QED) is 0.645.